The number of rotatable bonds is 4. The highest BCUT2D eigenvalue weighted by Gasteiger charge is 2.78. The third-order valence-electron chi connectivity index (χ3n) is 5.09. The number of fused-ring (bicyclic) bond motifs is 2. The standard InChI is InChI=1S/C13H15F6IO3/c1-5-6-2-7(10(5)20)8(3-6)11(12(14,15)16,13(17,18)19)23-4-9(21)22/h5-8,10H,2-4H2,1H3,(H,21,22). The highest BCUT2D eigenvalue weighted by Crippen LogP contribution is 2.64. The highest BCUT2D eigenvalue weighted by atomic mass is 127. The van der Waals surface area contributed by atoms with Crippen molar-refractivity contribution in [2.24, 2.45) is 23.7 Å². The van der Waals surface area contributed by atoms with Gasteiger partial charge in [0, 0.05) is 9.84 Å². The van der Waals surface area contributed by atoms with Gasteiger partial charge in [0.05, 0.1) is 0 Å². The van der Waals surface area contributed by atoms with Crippen LogP contribution >= 0.6 is 22.6 Å². The summed E-state index contributed by atoms with van der Waals surface area (Å²) in [4.78, 5) is 10.5. The van der Waals surface area contributed by atoms with Crippen molar-refractivity contribution in [1.82, 2.24) is 0 Å². The van der Waals surface area contributed by atoms with E-state index >= 15 is 0 Å². The van der Waals surface area contributed by atoms with E-state index < -0.39 is 42.4 Å². The highest BCUT2D eigenvalue weighted by molar-refractivity contribution is 14.1. The summed E-state index contributed by atoms with van der Waals surface area (Å²) < 4.78 is 84.7. The van der Waals surface area contributed by atoms with Crippen LogP contribution in [0.15, 0.2) is 0 Å². The number of hydrogen-bond donors (Lipinski definition) is 1. The van der Waals surface area contributed by atoms with E-state index in [-0.39, 0.29) is 28.6 Å². The van der Waals surface area contributed by atoms with Crippen molar-refractivity contribution in [3.8, 4) is 0 Å². The van der Waals surface area contributed by atoms with Crippen molar-refractivity contribution in [3.05, 3.63) is 0 Å². The minimum absolute atomic E-state index is 0.0375. The zero-order valence-corrected chi connectivity index (χ0v) is 14.1. The number of ether oxygens (including phenoxy) is 1. The second-order valence-corrected chi connectivity index (χ2v) is 7.66. The van der Waals surface area contributed by atoms with E-state index in [1.54, 1.807) is 0 Å². The number of hydrogen-bond acceptors (Lipinski definition) is 2. The van der Waals surface area contributed by atoms with Gasteiger partial charge in [0.15, 0.2) is 0 Å². The third kappa shape index (κ3) is 2.93. The molecule has 0 radical (unpaired) electrons. The molecule has 3 nitrogen and oxygen atoms in total. The minimum Gasteiger partial charge on any atom is -0.480 e. The Labute approximate surface area is 141 Å². The minimum atomic E-state index is -5.74. The predicted octanol–water partition coefficient (Wildman–Crippen LogP) is 4.05. The van der Waals surface area contributed by atoms with Crippen LogP contribution in [-0.2, 0) is 9.53 Å². The summed E-state index contributed by atoms with van der Waals surface area (Å²) in [6.07, 6.45) is -11.5. The number of halogens is 7. The van der Waals surface area contributed by atoms with E-state index in [4.69, 9.17) is 5.11 Å². The van der Waals surface area contributed by atoms with Crippen molar-refractivity contribution >= 4 is 28.6 Å². The number of aliphatic carboxylic acids is 1. The zero-order valence-electron chi connectivity index (χ0n) is 11.9. The maximum absolute atomic E-state index is 13.5. The van der Waals surface area contributed by atoms with Crippen LogP contribution in [0.1, 0.15) is 19.8 Å². The van der Waals surface area contributed by atoms with Crippen LogP contribution in [0.3, 0.4) is 0 Å². The van der Waals surface area contributed by atoms with Crippen molar-refractivity contribution in [3.63, 3.8) is 0 Å². The predicted molar refractivity (Wildman–Crippen MR) is 75.1 cm³/mol. The molecule has 1 N–H and O–H groups in total. The fraction of sp³-hybridized carbons (Fsp3) is 0.923. The van der Waals surface area contributed by atoms with Gasteiger partial charge in [0.2, 0.25) is 0 Å². The molecular formula is C13H15F6IO3. The Morgan fingerprint density at radius 3 is 2.04 bits per heavy atom. The first-order chi connectivity index (χ1) is 10.3. The van der Waals surface area contributed by atoms with Crippen LogP contribution in [0, 0.1) is 23.7 Å². The average Bonchev–Trinajstić information content (AvgIpc) is 2.88. The second kappa shape index (κ2) is 5.92. The largest absolute Gasteiger partial charge is 0.480 e. The Bertz CT molecular complexity index is 461. The molecule has 0 aromatic heterocycles. The molecule has 5 unspecified atom stereocenters. The van der Waals surface area contributed by atoms with Crippen LogP contribution in [0.5, 0.6) is 0 Å². The molecule has 0 amide bonds. The Kier molecular flexibility index (Phi) is 4.91. The molecule has 0 spiro atoms. The zero-order chi connectivity index (χ0) is 17.8. The molecule has 134 valence electrons. The van der Waals surface area contributed by atoms with E-state index in [1.165, 1.54) is 0 Å². The smallest absolute Gasteiger partial charge is 0.426 e. The van der Waals surface area contributed by atoms with Gasteiger partial charge in [-0.2, -0.15) is 26.3 Å². The van der Waals surface area contributed by atoms with Crippen molar-refractivity contribution in [2.75, 3.05) is 6.61 Å². The number of carboxylic acids is 1. The van der Waals surface area contributed by atoms with Crippen LogP contribution in [0.25, 0.3) is 0 Å². The van der Waals surface area contributed by atoms with Gasteiger partial charge in [-0.3, -0.25) is 0 Å². The lowest BCUT2D eigenvalue weighted by atomic mass is 9.72. The first-order valence-corrected chi connectivity index (χ1v) is 8.20. The molecule has 23 heavy (non-hydrogen) atoms. The summed E-state index contributed by atoms with van der Waals surface area (Å²) in [5.41, 5.74) is -4.43. The van der Waals surface area contributed by atoms with E-state index in [0.717, 1.165) is 0 Å². The topological polar surface area (TPSA) is 46.5 Å². The summed E-state index contributed by atoms with van der Waals surface area (Å²) in [7, 11) is 0. The molecule has 0 heterocycles. The van der Waals surface area contributed by atoms with Crippen molar-refractivity contribution < 1.29 is 41.0 Å². The van der Waals surface area contributed by atoms with Gasteiger partial charge in [0.1, 0.15) is 6.61 Å². The van der Waals surface area contributed by atoms with Gasteiger partial charge < -0.3 is 9.84 Å². The molecule has 10 heteroatoms. The van der Waals surface area contributed by atoms with E-state index in [9.17, 15) is 31.1 Å². The first-order valence-electron chi connectivity index (χ1n) is 6.96. The van der Waals surface area contributed by atoms with Crippen molar-refractivity contribution in [2.45, 2.75) is 41.6 Å². The molecule has 2 rings (SSSR count). The van der Waals surface area contributed by atoms with Gasteiger partial charge in [-0.15, -0.1) is 0 Å². The fourth-order valence-corrected chi connectivity index (χ4v) is 5.42. The van der Waals surface area contributed by atoms with Crippen LogP contribution < -0.4 is 0 Å². The maximum Gasteiger partial charge on any atom is 0.426 e. The molecule has 0 aromatic rings. The Hall–Kier alpha value is -0.260. The third-order valence-corrected chi connectivity index (χ3v) is 7.15. The average molecular weight is 460 g/mol. The second-order valence-electron chi connectivity index (χ2n) is 6.22. The molecule has 2 aliphatic rings. The molecule has 2 aliphatic carbocycles. The van der Waals surface area contributed by atoms with E-state index in [1.807, 2.05) is 29.5 Å². The number of carboxylic acid groups (broad SMARTS) is 1. The van der Waals surface area contributed by atoms with Gasteiger partial charge in [-0.05, 0) is 30.6 Å². The number of carbonyl (C=O) groups is 1. The van der Waals surface area contributed by atoms with Gasteiger partial charge in [-0.1, -0.05) is 29.5 Å². The van der Waals surface area contributed by atoms with Gasteiger partial charge in [0.25, 0.3) is 5.60 Å². The van der Waals surface area contributed by atoms with Crippen LogP contribution in [0.2, 0.25) is 0 Å². The fourth-order valence-electron chi connectivity index (χ4n) is 4.04. The molecule has 2 saturated carbocycles. The monoisotopic (exact) mass is 460 g/mol. The molecule has 0 aliphatic heterocycles. The Balaban J connectivity index is 2.47. The van der Waals surface area contributed by atoms with Crippen LogP contribution in [0.4, 0.5) is 26.3 Å². The van der Waals surface area contributed by atoms with Crippen molar-refractivity contribution in [1.29, 1.82) is 0 Å². The van der Waals surface area contributed by atoms with Gasteiger partial charge in [-0.25, -0.2) is 4.79 Å². The molecule has 0 aromatic carbocycles. The van der Waals surface area contributed by atoms with Crippen LogP contribution in [-0.4, -0.2) is 39.6 Å². The summed E-state index contributed by atoms with van der Waals surface area (Å²) in [6.45, 7) is 0.174. The van der Waals surface area contributed by atoms with E-state index in [0.29, 0.717) is 0 Å². The normalized spacial score (nSPS) is 34.9. The molecular weight excluding hydrogens is 445 g/mol. The summed E-state index contributed by atoms with van der Waals surface area (Å²) in [5, 5.41) is 8.52. The van der Waals surface area contributed by atoms with E-state index in [2.05, 4.69) is 4.74 Å². The molecule has 5 atom stereocenters. The summed E-state index contributed by atoms with van der Waals surface area (Å²) >= 11 is 1.90. The lowest BCUT2D eigenvalue weighted by Gasteiger charge is -2.45. The number of alkyl halides is 7. The quantitative estimate of drug-likeness (QED) is 0.392. The SMILES string of the molecule is CC1C2CC(C1I)C(C(OCC(=O)O)(C(F)(F)F)C(F)(F)F)C2. The first kappa shape index (κ1) is 19.1. The maximum atomic E-state index is 13.5. The molecule has 2 bridgehead atoms. The lowest BCUT2D eigenvalue weighted by Crippen LogP contribution is -2.65. The Morgan fingerprint density at radius 2 is 1.70 bits per heavy atom. The summed E-state index contributed by atoms with van der Waals surface area (Å²) in [5.74, 6) is -4.68. The molecule has 0 saturated heterocycles. The molecule has 2 fully saturated rings. The Morgan fingerprint density at radius 1 is 1.17 bits per heavy atom. The summed E-state index contributed by atoms with van der Waals surface area (Å²) in [6, 6.07) is 0. The van der Waals surface area contributed by atoms with Gasteiger partial charge >= 0.3 is 18.3 Å². The lowest BCUT2D eigenvalue weighted by molar-refractivity contribution is -0.399.